The van der Waals surface area contributed by atoms with Gasteiger partial charge in [0.2, 0.25) is 5.91 Å². The van der Waals surface area contributed by atoms with Gasteiger partial charge in [0.25, 0.3) is 0 Å². The van der Waals surface area contributed by atoms with Gasteiger partial charge in [-0.3, -0.25) is 4.79 Å². The van der Waals surface area contributed by atoms with E-state index >= 15 is 0 Å². The maximum absolute atomic E-state index is 12.5. The Bertz CT molecular complexity index is 1120. The van der Waals surface area contributed by atoms with Gasteiger partial charge in [-0.15, -0.1) is 0 Å². The largest absolute Gasteiger partial charge is 0.477 e. The summed E-state index contributed by atoms with van der Waals surface area (Å²) in [4.78, 5) is 27.3. The molecule has 5 nitrogen and oxygen atoms in total. The van der Waals surface area contributed by atoms with Crippen molar-refractivity contribution in [3.63, 3.8) is 0 Å². The Hall–Kier alpha value is -2.76. The van der Waals surface area contributed by atoms with Crippen LogP contribution < -0.4 is 5.32 Å². The quantitative estimate of drug-likeness (QED) is 0.566. The first-order valence-electron chi connectivity index (χ1n) is 8.28. The Kier molecular flexibility index (Phi) is 4.42. The SMILES string of the molecule is O=C1NCCC1=C(c1ccccc1)c1c(C(=O)O)[nH]c2cc(Cl)cc(Cl)c12. The fourth-order valence-corrected chi connectivity index (χ4v) is 4.08. The molecule has 1 aromatic heterocycles. The van der Waals surface area contributed by atoms with Crippen molar-refractivity contribution < 1.29 is 14.7 Å². The van der Waals surface area contributed by atoms with Gasteiger partial charge in [0, 0.05) is 39.2 Å². The number of nitrogens with one attached hydrogen (secondary N) is 2. The summed E-state index contributed by atoms with van der Waals surface area (Å²) in [6, 6.07) is 12.4. The Balaban J connectivity index is 2.16. The van der Waals surface area contributed by atoms with Crippen molar-refractivity contribution >= 4 is 51.6 Å². The molecule has 3 N–H and O–H groups in total. The van der Waals surface area contributed by atoms with Crippen LogP contribution in [0.3, 0.4) is 0 Å². The van der Waals surface area contributed by atoms with E-state index in [1.54, 1.807) is 12.1 Å². The minimum atomic E-state index is -1.14. The minimum Gasteiger partial charge on any atom is -0.477 e. The lowest BCUT2D eigenvalue weighted by atomic mass is 9.90. The number of aromatic nitrogens is 1. The van der Waals surface area contributed by atoms with Crippen molar-refractivity contribution in [2.75, 3.05) is 6.54 Å². The van der Waals surface area contributed by atoms with Crippen LogP contribution in [0, 0.1) is 0 Å². The zero-order chi connectivity index (χ0) is 19.1. The van der Waals surface area contributed by atoms with Crippen LogP contribution in [0.4, 0.5) is 0 Å². The molecule has 27 heavy (non-hydrogen) atoms. The number of carboxylic acids is 1. The molecule has 1 aliphatic rings. The summed E-state index contributed by atoms with van der Waals surface area (Å²) in [5.74, 6) is -1.34. The maximum Gasteiger partial charge on any atom is 0.352 e. The molecule has 0 radical (unpaired) electrons. The van der Waals surface area contributed by atoms with Crippen LogP contribution in [-0.4, -0.2) is 28.5 Å². The Morgan fingerprint density at radius 1 is 1.11 bits per heavy atom. The zero-order valence-corrected chi connectivity index (χ0v) is 15.5. The van der Waals surface area contributed by atoms with Crippen molar-refractivity contribution in [1.29, 1.82) is 0 Å². The Labute approximate surface area is 164 Å². The highest BCUT2D eigenvalue weighted by Gasteiger charge is 2.29. The smallest absolute Gasteiger partial charge is 0.352 e. The van der Waals surface area contributed by atoms with Crippen LogP contribution >= 0.6 is 23.2 Å². The van der Waals surface area contributed by atoms with Gasteiger partial charge in [0.15, 0.2) is 0 Å². The number of carboxylic acid groups (broad SMARTS) is 1. The van der Waals surface area contributed by atoms with Gasteiger partial charge in [-0.05, 0) is 24.1 Å². The molecule has 2 aromatic carbocycles. The van der Waals surface area contributed by atoms with Crippen LogP contribution in [-0.2, 0) is 4.79 Å². The molecule has 4 rings (SSSR count). The first-order valence-corrected chi connectivity index (χ1v) is 9.04. The van der Waals surface area contributed by atoms with Crippen molar-refractivity contribution in [2.24, 2.45) is 0 Å². The third-order valence-corrected chi connectivity index (χ3v) is 5.09. The molecule has 0 bridgehead atoms. The molecule has 3 aromatic rings. The standard InChI is InChI=1S/C20H14Cl2N2O3/c21-11-8-13(22)16-14(9-11)24-18(20(26)27)17(16)15(10-4-2-1-3-5-10)12-6-7-23-19(12)25/h1-5,8-9,24H,6-7H2,(H,23,25)(H,26,27). The second-order valence-electron chi connectivity index (χ2n) is 6.22. The molecule has 1 aliphatic heterocycles. The van der Waals surface area contributed by atoms with Crippen LogP contribution in [0.15, 0.2) is 48.0 Å². The van der Waals surface area contributed by atoms with Crippen molar-refractivity contribution in [3.8, 4) is 0 Å². The highest BCUT2D eigenvalue weighted by atomic mass is 35.5. The number of hydrogen-bond donors (Lipinski definition) is 3. The van der Waals surface area contributed by atoms with Crippen molar-refractivity contribution in [3.05, 3.63) is 74.9 Å². The third kappa shape index (κ3) is 2.99. The number of carbonyl (C=O) groups excluding carboxylic acids is 1. The molecule has 1 fully saturated rings. The Morgan fingerprint density at radius 2 is 1.85 bits per heavy atom. The topological polar surface area (TPSA) is 82.2 Å². The van der Waals surface area contributed by atoms with Gasteiger partial charge in [-0.1, -0.05) is 53.5 Å². The van der Waals surface area contributed by atoms with Gasteiger partial charge in [-0.2, -0.15) is 0 Å². The summed E-state index contributed by atoms with van der Waals surface area (Å²) >= 11 is 12.5. The number of hydrogen-bond acceptors (Lipinski definition) is 2. The minimum absolute atomic E-state index is 0.0276. The van der Waals surface area contributed by atoms with Crippen LogP contribution in [0.5, 0.6) is 0 Å². The van der Waals surface area contributed by atoms with E-state index in [2.05, 4.69) is 10.3 Å². The maximum atomic E-state index is 12.5. The number of aromatic amines is 1. The number of amides is 1. The van der Waals surface area contributed by atoms with Crippen LogP contribution in [0.25, 0.3) is 16.5 Å². The van der Waals surface area contributed by atoms with E-state index in [-0.39, 0.29) is 11.6 Å². The Morgan fingerprint density at radius 3 is 2.48 bits per heavy atom. The van der Waals surface area contributed by atoms with Gasteiger partial charge in [-0.25, -0.2) is 4.79 Å². The highest BCUT2D eigenvalue weighted by Crippen LogP contribution is 2.41. The highest BCUT2D eigenvalue weighted by molar-refractivity contribution is 6.39. The van der Waals surface area contributed by atoms with Crippen LogP contribution in [0.1, 0.15) is 28.0 Å². The first kappa shape index (κ1) is 17.6. The second kappa shape index (κ2) is 6.76. The third-order valence-electron chi connectivity index (χ3n) is 4.58. The average molecular weight is 401 g/mol. The average Bonchev–Trinajstić information content (AvgIpc) is 3.21. The molecule has 0 saturated carbocycles. The summed E-state index contributed by atoms with van der Waals surface area (Å²) in [7, 11) is 0. The number of rotatable bonds is 3. The predicted octanol–water partition coefficient (Wildman–Crippen LogP) is 4.49. The summed E-state index contributed by atoms with van der Waals surface area (Å²) in [6.45, 7) is 0.509. The van der Waals surface area contributed by atoms with Gasteiger partial charge in [0.05, 0.1) is 5.02 Å². The number of carbonyl (C=O) groups is 2. The number of halogens is 2. The molecular weight excluding hydrogens is 387 g/mol. The molecule has 1 saturated heterocycles. The van der Waals surface area contributed by atoms with Crippen molar-refractivity contribution in [2.45, 2.75) is 6.42 Å². The zero-order valence-electron chi connectivity index (χ0n) is 14.0. The van der Waals surface area contributed by atoms with Crippen molar-refractivity contribution in [1.82, 2.24) is 10.3 Å². The van der Waals surface area contributed by atoms with E-state index in [1.807, 2.05) is 30.3 Å². The van der Waals surface area contributed by atoms with E-state index in [0.29, 0.717) is 50.6 Å². The van der Waals surface area contributed by atoms with E-state index in [4.69, 9.17) is 23.2 Å². The fourth-order valence-electron chi connectivity index (χ4n) is 3.49. The van der Waals surface area contributed by atoms with Gasteiger partial charge >= 0.3 is 5.97 Å². The number of benzene rings is 2. The van der Waals surface area contributed by atoms with E-state index < -0.39 is 5.97 Å². The first-order chi connectivity index (χ1) is 13.0. The lowest BCUT2D eigenvalue weighted by Crippen LogP contribution is -2.15. The molecule has 7 heteroatoms. The number of H-pyrrole nitrogens is 1. The number of fused-ring (bicyclic) bond motifs is 1. The predicted molar refractivity (Wildman–Crippen MR) is 105 cm³/mol. The molecular formula is C20H14Cl2N2O3. The lowest BCUT2D eigenvalue weighted by Gasteiger charge is -2.13. The van der Waals surface area contributed by atoms with E-state index in [0.717, 1.165) is 5.56 Å². The summed E-state index contributed by atoms with van der Waals surface area (Å²) in [6.07, 6.45) is 0.500. The van der Waals surface area contributed by atoms with Gasteiger partial charge < -0.3 is 15.4 Å². The molecule has 0 atom stereocenters. The second-order valence-corrected chi connectivity index (χ2v) is 7.06. The summed E-state index contributed by atoms with van der Waals surface area (Å²) in [5.41, 5.74) is 2.73. The normalized spacial score (nSPS) is 15.9. The fraction of sp³-hybridized carbons (Fsp3) is 0.100. The molecule has 136 valence electrons. The summed E-state index contributed by atoms with van der Waals surface area (Å²) < 4.78 is 0. The van der Waals surface area contributed by atoms with Crippen LogP contribution in [0.2, 0.25) is 10.0 Å². The molecule has 1 amide bonds. The number of aromatic carboxylic acids is 1. The lowest BCUT2D eigenvalue weighted by molar-refractivity contribution is -0.116. The molecule has 0 unspecified atom stereocenters. The monoisotopic (exact) mass is 400 g/mol. The molecule has 2 heterocycles. The summed E-state index contributed by atoms with van der Waals surface area (Å²) in [5, 5.41) is 13.8. The van der Waals surface area contributed by atoms with E-state index in [9.17, 15) is 14.7 Å². The molecule has 0 spiro atoms. The van der Waals surface area contributed by atoms with Gasteiger partial charge in [0.1, 0.15) is 5.69 Å². The molecule has 0 aliphatic carbocycles. The van der Waals surface area contributed by atoms with E-state index in [1.165, 1.54) is 0 Å².